The van der Waals surface area contributed by atoms with E-state index in [0.29, 0.717) is 28.9 Å². The lowest BCUT2D eigenvalue weighted by Crippen LogP contribution is -2.32. The van der Waals surface area contributed by atoms with E-state index in [-0.39, 0.29) is 18.3 Å². The third-order valence-corrected chi connectivity index (χ3v) is 4.48. The number of carbonyl (C=O) groups excluding carboxylic acids is 1. The molecule has 1 aliphatic rings. The van der Waals surface area contributed by atoms with Crippen LogP contribution in [0.25, 0.3) is 0 Å². The minimum absolute atomic E-state index is 0. The van der Waals surface area contributed by atoms with Crippen molar-refractivity contribution in [1.82, 2.24) is 20.1 Å². The molecule has 1 aliphatic heterocycles. The van der Waals surface area contributed by atoms with Crippen molar-refractivity contribution in [2.75, 3.05) is 18.4 Å². The molecule has 4 rings (SSSR count). The van der Waals surface area contributed by atoms with Gasteiger partial charge in [-0.2, -0.15) is 5.10 Å². The number of nitrogens with one attached hydrogen (secondary N) is 2. The topological polar surface area (TPSA) is 81.1 Å². The average molecular weight is 400 g/mol. The third-order valence-electron chi connectivity index (χ3n) is 4.48. The molecule has 146 valence electrons. The zero-order valence-electron chi connectivity index (χ0n) is 15.2. The Kier molecular flexibility index (Phi) is 6.62. The highest BCUT2D eigenvalue weighted by molar-refractivity contribution is 6.02. The first-order valence-electron chi connectivity index (χ1n) is 9.03. The van der Waals surface area contributed by atoms with Crippen molar-refractivity contribution in [1.29, 1.82) is 0 Å². The summed E-state index contributed by atoms with van der Waals surface area (Å²) in [7, 11) is 0. The number of halogens is 1. The van der Waals surface area contributed by atoms with Crippen LogP contribution in [0.1, 0.15) is 29.4 Å². The molecule has 0 aliphatic carbocycles. The first-order valence-corrected chi connectivity index (χ1v) is 9.03. The van der Waals surface area contributed by atoms with Crippen molar-refractivity contribution in [2.45, 2.75) is 18.9 Å². The maximum atomic E-state index is 12.4. The summed E-state index contributed by atoms with van der Waals surface area (Å²) in [6.07, 6.45) is 7.42. The van der Waals surface area contributed by atoms with Gasteiger partial charge in [-0.3, -0.25) is 14.5 Å². The molecule has 7 nitrogen and oxygen atoms in total. The fourth-order valence-electron chi connectivity index (χ4n) is 3.07. The van der Waals surface area contributed by atoms with Crippen LogP contribution in [0.15, 0.2) is 61.1 Å². The van der Waals surface area contributed by atoms with Gasteiger partial charge in [0.15, 0.2) is 5.69 Å². The normalized spacial score (nSPS) is 16.1. The standard InChI is InChI=1S/C20H21N5O2.ClH/c26-20(19-9-13-25(24-19)16-2-1-10-22-14-16)23-15-3-5-17(6-4-15)27-18-7-11-21-12-8-18;/h3-9,11-13,16,22H,1-2,10,14H2,(H,23,26);1H. The van der Waals surface area contributed by atoms with Gasteiger partial charge in [0.2, 0.25) is 0 Å². The fourth-order valence-corrected chi connectivity index (χ4v) is 3.07. The summed E-state index contributed by atoms with van der Waals surface area (Å²) in [5, 5.41) is 10.7. The van der Waals surface area contributed by atoms with Crippen LogP contribution in [0.2, 0.25) is 0 Å². The number of piperidine rings is 1. The molecular weight excluding hydrogens is 378 g/mol. The van der Waals surface area contributed by atoms with Crippen LogP contribution >= 0.6 is 12.4 Å². The van der Waals surface area contributed by atoms with Crippen molar-refractivity contribution >= 4 is 24.0 Å². The van der Waals surface area contributed by atoms with Gasteiger partial charge < -0.3 is 15.4 Å². The molecule has 2 N–H and O–H groups in total. The van der Waals surface area contributed by atoms with Gasteiger partial charge in [0, 0.05) is 30.8 Å². The predicted octanol–water partition coefficient (Wildman–Crippen LogP) is 3.67. The van der Waals surface area contributed by atoms with Crippen LogP contribution in [0.3, 0.4) is 0 Å². The summed E-state index contributed by atoms with van der Waals surface area (Å²) in [6, 6.07) is 12.9. The van der Waals surface area contributed by atoms with Gasteiger partial charge in [-0.25, -0.2) is 0 Å². The van der Waals surface area contributed by atoms with Crippen molar-refractivity contribution < 1.29 is 9.53 Å². The van der Waals surface area contributed by atoms with Gasteiger partial charge in [-0.05, 0) is 61.9 Å². The molecule has 1 saturated heterocycles. The van der Waals surface area contributed by atoms with Crippen molar-refractivity contribution in [3.05, 3.63) is 66.7 Å². The Labute approximate surface area is 169 Å². The molecular formula is C20H22ClN5O2. The highest BCUT2D eigenvalue weighted by atomic mass is 35.5. The summed E-state index contributed by atoms with van der Waals surface area (Å²) in [6.45, 7) is 1.94. The number of rotatable bonds is 5. The number of pyridine rings is 1. The molecule has 1 fully saturated rings. The second-order valence-electron chi connectivity index (χ2n) is 6.44. The van der Waals surface area contributed by atoms with Crippen LogP contribution in [-0.4, -0.2) is 33.8 Å². The van der Waals surface area contributed by atoms with Gasteiger partial charge in [-0.15, -0.1) is 12.4 Å². The lowest BCUT2D eigenvalue weighted by atomic mass is 10.1. The second-order valence-corrected chi connectivity index (χ2v) is 6.44. The molecule has 1 unspecified atom stereocenters. The highest BCUT2D eigenvalue weighted by Crippen LogP contribution is 2.22. The predicted molar refractivity (Wildman–Crippen MR) is 109 cm³/mol. The van der Waals surface area contributed by atoms with Crippen LogP contribution < -0.4 is 15.4 Å². The number of hydrogen-bond donors (Lipinski definition) is 2. The molecule has 8 heteroatoms. The Balaban J connectivity index is 0.00000225. The maximum absolute atomic E-state index is 12.4. The summed E-state index contributed by atoms with van der Waals surface area (Å²) >= 11 is 0. The van der Waals surface area contributed by atoms with Gasteiger partial charge in [0.1, 0.15) is 11.5 Å². The summed E-state index contributed by atoms with van der Waals surface area (Å²) in [5.74, 6) is 1.18. The highest BCUT2D eigenvalue weighted by Gasteiger charge is 2.17. The fraction of sp³-hybridized carbons (Fsp3) is 0.250. The van der Waals surface area contributed by atoms with E-state index in [9.17, 15) is 4.79 Å². The van der Waals surface area contributed by atoms with Crippen LogP contribution in [0.4, 0.5) is 5.69 Å². The smallest absolute Gasteiger partial charge is 0.276 e. The van der Waals surface area contributed by atoms with Crippen molar-refractivity contribution in [3.8, 4) is 11.5 Å². The summed E-state index contributed by atoms with van der Waals surface area (Å²) < 4.78 is 7.60. The van der Waals surface area contributed by atoms with E-state index < -0.39 is 0 Å². The van der Waals surface area contributed by atoms with Gasteiger partial charge in [0.05, 0.1) is 6.04 Å². The number of ether oxygens (including phenoxy) is 1. The molecule has 0 spiro atoms. The molecule has 1 amide bonds. The van der Waals surface area contributed by atoms with E-state index in [0.717, 1.165) is 25.9 Å². The van der Waals surface area contributed by atoms with Crippen LogP contribution in [0.5, 0.6) is 11.5 Å². The van der Waals surface area contributed by atoms with Crippen molar-refractivity contribution in [3.63, 3.8) is 0 Å². The largest absolute Gasteiger partial charge is 0.457 e. The lowest BCUT2D eigenvalue weighted by molar-refractivity contribution is 0.102. The molecule has 1 aromatic carbocycles. The molecule has 3 heterocycles. The zero-order chi connectivity index (χ0) is 18.5. The summed E-state index contributed by atoms with van der Waals surface area (Å²) in [5.41, 5.74) is 1.11. The van der Waals surface area contributed by atoms with E-state index in [2.05, 4.69) is 20.7 Å². The van der Waals surface area contributed by atoms with Gasteiger partial charge in [0.25, 0.3) is 5.91 Å². The Hall–Kier alpha value is -2.90. The lowest BCUT2D eigenvalue weighted by Gasteiger charge is -2.22. The minimum Gasteiger partial charge on any atom is -0.457 e. The number of aromatic nitrogens is 3. The number of carbonyl (C=O) groups is 1. The number of hydrogen-bond acceptors (Lipinski definition) is 5. The molecule has 3 aromatic rings. The average Bonchev–Trinajstić information content (AvgIpc) is 3.21. The van der Waals surface area contributed by atoms with E-state index >= 15 is 0 Å². The quantitative estimate of drug-likeness (QED) is 0.684. The summed E-state index contributed by atoms with van der Waals surface area (Å²) in [4.78, 5) is 16.4. The first kappa shape index (κ1) is 19.9. The van der Waals surface area contributed by atoms with Gasteiger partial charge in [-0.1, -0.05) is 0 Å². The molecule has 1 atom stereocenters. The van der Waals surface area contributed by atoms with Crippen molar-refractivity contribution in [2.24, 2.45) is 0 Å². The maximum Gasteiger partial charge on any atom is 0.276 e. The Morgan fingerprint density at radius 3 is 2.57 bits per heavy atom. The van der Waals surface area contributed by atoms with E-state index in [1.54, 1.807) is 42.7 Å². The number of anilines is 1. The van der Waals surface area contributed by atoms with E-state index in [4.69, 9.17) is 4.74 Å². The van der Waals surface area contributed by atoms with Crippen LogP contribution in [-0.2, 0) is 0 Å². The molecule has 0 radical (unpaired) electrons. The van der Waals surface area contributed by atoms with Crippen LogP contribution in [0, 0.1) is 0 Å². The number of amides is 1. The SMILES string of the molecule is Cl.O=C(Nc1ccc(Oc2ccncc2)cc1)c1ccn(C2CCCNC2)n1. The first-order chi connectivity index (χ1) is 13.3. The number of benzene rings is 1. The number of nitrogens with zero attached hydrogens (tertiary/aromatic N) is 3. The third kappa shape index (κ3) is 4.88. The van der Waals surface area contributed by atoms with E-state index in [1.165, 1.54) is 0 Å². The molecule has 0 bridgehead atoms. The zero-order valence-corrected chi connectivity index (χ0v) is 16.1. The van der Waals surface area contributed by atoms with E-state index in [1.807, 2.05) is 23.0 Å². The Morgan fingerprint density at radius 1 is 1.11 bits per heavy atom. The van der Waals surface area contributed by atoms with Gasteiger partial charge >= 0.3 is 0 Å². The molecule has 0 saturated carbocycles. The Morgan fingerprint density at radius 2 is 1.86 bits per heavy atom. The second kappa shape index (κ2) is 9.34. The molecule has 2 aromatic heterocycles. The molecule has 28 heavy (non-hydrogen) atoms. The minimum atomic E-state index is -0.222. The Bertz CT molecular complexity index is 892. The monoisotopic (exact) mass is 399 g/mol.